The van der Waals surface area contributed by atoms with Gasteiger partial charge in [-0.1, -0.05) is 30.3 Å². The molecule has 1 atom stereocenters. The Balaban J connectivity index is 0.00000225. The van der Waals surface area contributed by atoms with Gasteiger partial charge in [-0.15, -0.1) is 0 Å². The lowest BCUT2D eigenvalue weighted by molar-refractivity contribution is 0.269. The fourth-order valence-electron chi connectivity index (χ4n) is 3.04. The molecule has 0 bridgehead atoms. The summed E-state index contributed by atoms with van der Waals surface area (Å²) in [7, 11) is -3.30. The van der Waals surface area contributed by atoms with Crippen LogP contribution in [0, 0.1) is 0 Å². The van der Waals surface area contributed by atoms with Gasteiger partial charge in [0.05, 0.1) is 17.3 Å². The molecule has 2 aromatic rings. The Morgan fingerprint density at radius 2 is 1.84 bits per heavy atom. The highest BCUT2D eigenvalue weighted by atomic mass is 32.2. The van der Waals surface area contributed by atoms with E-state index in [0.29, 0.717) is 23.8 Å². The standard InChI is InChI=1S/C19H23NO3S.H3P/c1-2-23-18-8-5-9-19(14-18)24(21,22)13-12-20-11-10-16-6-3-4-7-17(16)15-20;/h3-9,14H,2,10-13,15H2,1H3;1H3. The molecule has 6 heteroatoms. The zero-order chi connectivity index (χ0) is 17.0. The average molecular weight is 379 g/mol. The zero-order valence-electron chi connectivity index (χ0n) is 14.6. The van der Waals surface area contributed by atoms with Gasteiger partial charge in [0, 0.05) is 19.6 Å². The van der Waals surface area contributed by atoms with Crippen LogP contribution in [0.2, 0.25) is 0 Å². The molecule has 0 N–H and O–H groups in total. The highest BCUT2D eigenvalue weighted by Crippen LogP contribution is 2.21. The molecule has 2 aromatic carbocycles. The third-order valence-electron chi connectivity index (χ3n) is 4.36. The average Bonchev–Trinajstić information content (AvgIpc) is 2.60. The van der Waals surface area contributed by atoms with Crippen LogP contribution in [0.25, 0.3) is 0 Å². The van der Waals surface area contributed by atoms with Gasteiger partial charge < -0.3 is 4.74 Å². The van der Waals surface area contributed by atoms with Gasteiger partial charge in [-0.2, -0.15) is 9.90 Å². The van der Waals surface area contributed by atoms with Gasteiger partial charge >= 0.3 is 0 Å². The first kappa shape index (κ1) is 19.9. The first-order valence-corrected chi connectivity index (χ1v) is 9.98. The minimum atomic E-state index is -3.30. The largest absolute Gasteiger partial charge is 0.494 e. The molecule has 1 unspecified atom stereocenters. The number of benzene rings is 2. The van der Waals surface area contributed by atoms with E-state index in [2.05, 4.69) is 23.1 Å². The molecule has 0 spiro atoms. The van der Waals surface area contributed by atoms with Crippen LogP contribution in [0.3, 0.4) is 0 Å². The Kier molecular flexibility index (Phi) is 7.00. The number of hydrogen-bond acceptors (Lipinski definition) is 4. The summed E-state index contributed by atoms with van der Waals surface area (Å²) < 4.78 is 30.6. The molecule has 4 nitrogen and oxygen atoms in total. The van der Waals surface area contributed by atoms with Crippen LogP contribution in [0.5, 0.6) is 5.75 Å². The second-order valence-electron chi connectivity index (χ2n) is 6.02. The van der Waals surface area contributed by atoms with Crippen molar-refractivity contribution in [1.29, 1.82) is 0 Å². The van der Waals surface area contributed by atoms with Crippen LogP contribution in [-0.2, 0) is 22.8 Å². The molecule has 0 saturated carbocycles. The summed E-state index contributed by atoms with van der Waals surface area (Å²) in [5, 5.41) is 0. The quantitative estimate of drug-likeness (QED) is 0.724. The van der Waals surface area contributed by atoms with Gasteiger partial charge in [-0.25, -0.2) is 8.42 Å². The SMILES string of the molecule is CCOc1cccc(S(=O)(=O)CCN2CCc3ccccc3C2)c1.P. The van der Waals surface area contributed by atoms with Gasteiger partial charge in [0.15, 0.2) is 9.84 Å². The monoisotopic (exact) mass is 379 g/mol. The van der Waals surface area contributed by atoms with Crippen molar-refractivity contribution in [2.45, 2.75) is 24.8 Å². The van der Waals surface area contributed by atoms with Gasteiger partial charge in [-0.3, -0.25) is 4.90 Å². The minimum Gasteiger partial charge on any atom is -0.494 e. The van der Waals surface area contributed by atoms with Crippen LogP contribution < -0.4 is 4.74 Å². The lowest BCUT2D eigenvalue weighted by atomic mass is 10.0. The second kappa shape index (κ2) is 8.79. The van der Waals surface area contributed by atoms with E-state index in [-0.39, 0.29) is 15.7 Å². The Bertz CT molecular complexity index is 808. The van der Waals surface area contributed by atoms with Crippen molar-refractivity contribution in [1.82, 2.24) is 4.90 Å². The number of rotatable bonds is 6. The molecule has 0 aliphatic carbocycles. The lowest BCUT2D eigenvalue weighted by Crippen LogP contribution is -2.34. The molecule has 1 aliphatic heterocycles. The fourth-order valence-corrected chi connectivity index (χ4v) is 4.35. The first-order valence-electron chi connectivity index (χ1n) is 8.33. The van der Waals surface area contributed by atoms with Gasteiger partial charge in [0.2, 0.25) is 0 Å². The first-order chi connectivity index (χ1) is 11.6. The predicted octanol–water partition coefficient (Wildman–Crippen LogP) is 2.98. The van der Waals surface area contributed by atoms with E-state index in [0.717, 1.165) is 19.5 Å². The number of ether oxygens (including phenoxy) is 1. The molecular formula is C19H26NO3PS. The minimum absolute atomic E-state index is 0. The number of sulfone groups is 1. The van der Waals surface area contributed by atoms with Crippen molar-refractivity contribution in [3.05, 3.63) is 59.7 Å². The van der Waals surface area contributed by atoms with E-state index in [1.807, 2.05) is 13.0 Å². The molecule has 1 heterocycles. The summed E-state index contributed by atoms with van der Waals surface area (Å²) in [5.41, 5.74) is 2.68. The third-order valence-corrected chi connectivity index (χ3v) is 6.05. The molecule has 136 valence electrons. The molecule has 0 fully saturated rings. The van der Waals surface area contributed by atoms with Crippen molar-refractivity contribution in [3.8, 4) is 5.75 Å². The van der Waals surface area contributed by atoms with Crippen molar-refractivity contribution in [3.63, 3.8) is 0 Å². The summed E-state index contributed by atoms with van der Waals surface area (Å²) in [6.07, 6.45) is 0.982. The molecular weight excluding hydrogens is 353 g/mol. The number of fused-ring (bicyclic) bond motifs is 1. The number of nitrogens with zero attached hydrogens (tertiary/aromatic N) is 1. The van der Waals surface area contributed by atoms with Crippen molar-refractivity contribution >= 4 is 19.7 Å². The van der Waals surface area contributed by atoms with Gasteiger partial charge in [0.1, 0.15) is 5.75 Å². The van der Waals surface area contributed by atoms with E-state index < -0.39 is 9.84 Å². The van der Waals surface area contributed by atoms with Crippen LogP contribution in [0.4, 0.5) is 0 Å². The highest BCUT2D eigenvalue weighted by molar-refractivity contribution is 7.91. The van der Waals surface area contributed by atoms with Crippen molar-refractivity contribution in [2.75, 3.05) is 25.4 Å². The third kappa shape index (κ3) is 5.04. The maximum Gasteiger partial charge on any atom is 0.179 e. The molecule has 0 aromatic heterocycles. The maximum absolute atomic E-state index is 12.6. The predicted molar refractivity (Wildman–Crippen MR) is 106 cm³/mol. The van der Waals surface area contributed by atoms with E-state index in [1.165, 1.54) is 11.1 Å². The van der Waals surface area contributed by atoms with Crippen molar-refractivity contribution in [2.24, 2.45) is 0 Å². The maximum atomic E-state index is 12.6. The molecule has 1 aliphatic rings. The van der Waals surface area contributed by atoms with Gasteiger partial charge in [-0.05, 0) is 42.7 Å². The van der Waals surface area contributed by atoms with Crippen LogP contribution >= 0.6 is 9.90 Å². The van der Waals surface area contributed by atoms with Crippen LogP contribution in [0.1, 0.15) is 18.1 Å². The van der Waals surface area contributed by atoms with Crippen molar-refractivity contribution < 1.29 is 13.2 Å². The summed E-state index contributed by atoms with van der Waals surface area (Å²) in [5.74, 6) is 0.732. The van der Waals surface area contributed by atoms with E-state index >= 15 is 0 Å². The van der Waals surface area contributed by atoms with Crippen LogP contribution in [0.15, 0.2) is 53.4 Å². The Morgan fingerprint density at radius 3 is 2.60 bits per heavy atom. The molecule has 3 rings (SSSR count). The van der Waals surface area contributed by atoms with E-state index in [4.69, 9.17) is 4.74 Å². The van der Waals surface area contributed by atoms with E-state index in [1.54, 1.807) is 24.3 Å². The van der Waals surface area contributed by atoms with E-state index in [9.17, 15) is 8.42 Å². The summed E-state index contributed by atoms with van der Waals surface area (Å²) >= 11 is 0. The second-order valence-corrected chi connectivity index (χ2v) is 8.13. The summed E-state index contributed by atoms with van der Waals surface area (Å²) in [6, 6.07) is 15.2. The summed E-state index contributed by atoms with van der Waals surface area (Å²) in [6.45, 7) is 4.69. The zero-order valence-corrected chi connectivity index (χ0v) is 16.9. The topological polar surface area (TPSA) is 46.6 Å². The van der Waals surface area contributed by atoms with Crippen LogP contribution in [-0.4, -0.2) is 38.8 Å². The molecule has 25 heavy (non-hydrogen) atoms. The summed E-state index contributed by atoms with van der Waals surface area (Å²) in [4.78, 5) is 2.55. The van der Waals surface area contributed by atoms with Gasteiger partial charge in [0.25, 0.3) is 0 Å². The molecule has 0 amide bonds. The number of hydrogen-bond donors (Lipinski definition) is 0. The Morgan fingerprint density at radius 1 is 1.08 bits per heavy atom. The Hall–Kier alpha value is -1.42. The smallest absolute Gasteiger partial charge is 0.179 e. The molecule has 0 radical (unpaired) electrons. The highest BCUT2D eigenvalue weighted by Gasteiger charge is 2.20. The lowest BCUT2D eigenvalue weighted by Gasteiger charge is -2.28. The normalized spacial score (nSPS) is 14.4. The molecule has 0 saturated heterocycles. The fraction of sp³-hybridized carbons (Fsp3) is 0.368. The Labute approximate surface area is 153 Å².